The lowest BCUT2D eigenvalue weighted by molar-refractivity contribution is -0.118. The van der Waals surface area contributed by atoms with Crippen molar-refractivity contribution in [1.29, 1.82) is 0 Å². The largest absolute Gasteiger partial charge is 0.494 e. The first kappa shape index (κ1) is 22.7. The van der Waals surface area contributed by atoms with Crippen LogP contribution in [0.5, 0.6) is 5.75 Å². The maximum atomic E-state index is 13.8. The van der Waals surface area contributed by atoms with Gasteiger partial charge in [-0.25, -0.2) is 13.2 Å². The minimum atomic E-state index is -2.76. The second-order valence-electron chi connectivity index (χ2n) is 8.19. The number of amidine groups is 1. The number of aliphatic imine (C=N–C) groups is 1. The molecule has 2 aliphatic rings. The number of ether oxygens (including phenoxy) is 1. The number of carbonyl (C=O) groups is 1. The van der Waals surface area contributed by atoms with E-state index in [0.717, 1.165) is 6.07 Å². The molecule has 0 saturated carbocycles. The summed E-state index contributed by atoms with van der Waals surface area (Å²) in [5.41, 5.74) is 5.21. The zero-order chi connectivity index (χ0) is 23.8. The number of nitrogens with zero attached hydrogens (tertiary/aromatic N) is 5. The fourth-order valence-corrected chi connectivity index (χ4v) is 4.00. The molecule has 1 saturated heterocycles. The third kappa shape index (κ3) is 4.69. The quantitative estimate of drug-likeness (QED) is 0.657. The molecule has 1 aromatic carbocycles. The number of methoxy groups -OCH3 is 1. The van der Waals surface area contributed by atoms with Crippen molar-refractivity contribution in [2.24, 2.45) is 10.7 Å². The van der Waals surface area contributed by atoms with E-state index in [4.69, 9.17) is 10.5 Å². The highest BCUT2D eigenvalue weighted by molar-refractivity contribution is 5.94. The van der Waals surface area contributed by atoms with Crippen LogP contribution in [0.25, 0.3) is 0 Å². The van der Waals surface area contributed by atoms with E-state index in [9.17, 15) is 22.4 Å². The van der Waals surface area contributed by atoms with Crippen molar-refractivity contribution in [3.63, 3.8) is 0 Å². The molecule has 0 aliphatic carbocycles. The highest BCUT2D eigenvalue weighted by Crippen LogP contribution is 2.33. The van der Waals surface area contributed by atoms with Gasteiger partial charge in [0.05, 0.1) is 44.0 Å². The van der Waals surface area contributed by atoms with Crippen LogP contribution < -0.4 is 10.5 Å². The lowest BCUT2D eigenvalue weighted by Gasteiger charge is -2.30. The Balaban J connectivity index is 1.56. The van der Waals surface area contributed by atoms with Gasteiger partial charge in [0.1, 0.15) is 5.84 Å². The molecule has 0 spiro atoms. The van der Waals surface area contributed by atoms with E-state index in [0.29, 0.717) is 17.1 Å². The summed E-state index contributed by atoms with van der Waals surface area (Å²) in [4.78, 5) is 19.0. The molecule has 1 unspecified atom stereocenters. The molecule has 1 fully saturated rings. The summed E-state index contributed by atoms with van der Waals surface area (Å²) in [6.45, 7) is -0.136. The lowest BCUT2D eigenvalue weighted by Crippen LogP contribution is -2.39. The minimum Gasteiger partial charge on any atom is -0.494 e. The SMILES string of the molecule is COc1cc(Cn2ncc(C3(CC(N)=O)C=CC(N4CCC(F)(F)C4)=NC3)n2)cc(F)c1F. The van der Waals surface area contributed by atoms with Gasteiger partial charge in [0, 0.05) is 19.4 Å². The fraction of sp³-hybridized carbons (Fsp3) is 0.429. The smallest absolute Gasteiger partial charge is 0.266 e. The van der Waals surface area contributed by atoms with Crippen molar-refractivity contribution in [2.45, 2.75) is 30.7 Å². The van der Waals surface area contributed by atoms with Gasteiger partial charge in [0.2, 0.25) is 11.7 Å². The zero-order valence-electron chi connectivity index (χ0n) is 17.8. The van der Waals surface area contributed by atoms with Crippen LogP contribution in [0.15, 0.2) is 35.5 Å². The Hall–Kier alpha value is -3.44. The first-order valence-corrected chi connectivity index (χ1v) is 10.2. The Bertz CT molecular complexity index is 1130. The molecule has 0 radical (unpaired) electrons. The van der Waals surface area contributed by atoms with E-state index in [1.807, 2.05) is 0 Å². The number of likely N-dealkylation sites (tertiary alicyclic amines) is 1. The van der Waals surface area contributed by atoms with Crippen molar-refractivity contribution in [3.8, 4) is 5.75 Å². The van der Waals surface area contributed by atoms with E-state index < -0.39 is 35.4 Å². The van der Waals surface area contributed by atoms with E-state index in [-0.39, 0.29) is 38.2 Å². The minimum absolute atomic E-state index is 0.0152. The van der Waals surface area contributed by atoms with Crippen molar-refractivity contribution < 1.29 is 27.1 Å². The Labute approximate surface area is 186 Å². The first-order valence-electron chi connectivity index (χ1n) is 10.2. The number of hydrogen-bond donors (Lipinski definition) is 1. The number of hydrogen-bond acceptors (Lipinski definition) is 6. The summed E-state index contributed by atoms with van der Waals surface area (Å²) in [6, 6.07) is 2.35. The van der Waals surface area contributed by atoms with Crippen molar-refractivity contribution in [2.75, 3.05) is 26.7 Å². The van der Waals surface area contributed by atoms with Crippen LogP contribution in [-0.2, 0) is 16.8 Å². The Morgan fingerprint density at radius 1 is 1.30 bits per heavy atom. The number of primary amides is 1. The molecule has 4 rings (SSSR count). The first-order chi connectivity index (χ1) is 15.6. The predicted molar refractivity (Wildman–Crippen MR) is 110 cm³/mol. The van der Waals surface area contributed by atoms with Crippen molar-refractivity contribution >= 4 is 11.7 Å². The molecule has 1 aromatic heterocycles. The van der Waals surface area contributed by atoms with Crippen LogP contribution >= 0.6 is 0 Å². The second-order valence-corrected chi connectivity index (χ2v) is 8.19. The Kier molecular flexibility index (Phi) is 5.85. The molecule has 0 bridgehead atoms. The molecule has 2 aliphatic heterocycles. The number of carbonyl (C=O) groups excluding carboxylic acids is 1. The van der Waals surface area contributed by atoms with Gasteiger partial charge in [-0.15, -0.1) is 0 Å². The molecule has 12 heteroatoms. The third-order valence-electron chi connectivity index (χ3n) is 5.70. The van der Waals surface area contributed by atoms with Crippen molar-refractivity contribution in [3.05, 3.63) is 53.4 Å². The molecule has 2 aromatic rings. The Morgan fingerprint density at radius 3 is 2.70 bits per heavy atom. The highest BCUT2D eigenvalue weighted by Gasteiger charge is 2.41. The van der Waals surface area contributed by atoms with Gasteiger partial charge in [-0.05, 0) is 23.8 Å². The molecule has 3 heterocycles. The summed E-state index contributed by atoms with van der Waals surface area (Å²) >= 11 is 0. The maximum Gasteiger partial charge on any atom is 0.266 e. The van der Waals surface area contributed by atoms with Crippen LogP contribution in [0.2, 0.25) is 0 Å². The van der Waals surface area contributed by atoms with E-state index in [2.05, 4.69) is 15.2 Å². The third-order valence-corrected chi connectivity index (χ3v) is 5.70. The number of amides is 1. The molecule has 8 nitrogen and oxygen atoms in total. The molecule has 1 amide bonds. The molecule has 2 N–H and O–H groups in total. The summed E-state index contributed by atoms with van der Waals surface area (Å²) in [7, 11) is 1.23. The normalized spacial score (nSPS) is 21.8. The number of benzene rings is 1. The summed E-state index contributed by atoms with van der Waals surface area (Å²) < 4.78 is 59.4. The van der Waals surface area contributed by atoms with Crippen LogP contribution in [0.3, 0.4) is 0 Å². The average molecular weight is 466 g/mol. The summed E-state index contributed by atoms with van der Waals surface area (Å²) in [5, 5.41) is 8.56. The molecular formula is C21H22F4N6O2. The predicted octanol–water partition coefficient (Wildman–Crippen LogP) is 2.04. The highest BCUT2D eigenvalue weighted by atomic mass is 19.3. The van der Waals surface area contributed by atoms with Gasteiger partial charge >= 0.3 is 0 Å². The van der Waals surface area contributed by atoms with Gasteiger partial charge in [-0.1, -0.05) is 6.08 Å². The van der Waals surface area contributed by atoms with Gasteiger partial charge in [0.15, 0.2) is 11.6 Å². The number of halogens is 4. The standard InChI is InChI=1S/C21H22F4N6O2/c1-33-15-7-13(6-14(22)19(15)23)10-31-28-9-16(29-31)20(8-17(26)32)3-2-18(27-11-20)30-5-4-21(24,25)12-30/h2-3,6-7,9H,4-5,8,10-12H2,1H3,(H2,26,32). The maximum absolute atomic E-state index is 13.8. The van der Waals surface area contributed by atoms with Gasteiger partial charge < -0.3 is 15.4 Å². The van der Waals surface area contributed by atoms with Crippen LogP contribution in [0.4, 0.5) is 17.6 Å². The monoisotopic (exact) mass is 466 g/mol. The lowest BCUT2D eigenvalue weighted by atomic mass is 9.79. The van der Waals surface area contributed by atoms with E-state index in [1.165, 1.54) is 29.1 Å². The second kappa shape index (κ2) is 8.49. The molecule has 176 valence electrons. The van der Waals surface area contributed by atoms with Gasteiger partial charge in [-0.3, -0.25) is 9.79 Å². The topological polar surface area (TPSA) is 98.6 Å². The number of dihydropyridines is 1. The molecule has 1 atom stereocenters. The van der Waals surface area contributed by atoms with Crippen LogP contribution in [0.1, 0.15) is 24.1 Å². The summed E-state index contributed by atoms with van der Waals surface area (Å²) in [5.74, 6) is -5.34. The van der Waals surface area contributed by atoms with Crippen molar-refractivity contribution in [1.82, 2.24) is 19.9 Å². The van der Waals surface area contributed by atoms with Gasteiger partial charge in [0.25, 0.3) is 5.92 Å². The molecule has 33 heavy (non-hydrogen) atoms. The van der Waals surface area contributed by atoms with Gasteiger partial charge in [-0.2, -0.15) is 19.4 Å². The number of aromatic nitrogens is 3. The number of alkyl halides is 2. The van der Waals surface area contributed by atoms with Crippen LogP contribution in [-0.4, -0.2) is 64.3 Å². The zero-order valence-corrected chi connectivity index (χ0v) is 17.8. The molecular weight excluding hydrogens is 444 g/mol. The number of nitrogens with two attached hydrogens (primary N) is 1. The Morgan fingerprint density at radius 2 is 2.09 bits per heavy atom. The van der Waals surface area contributed by atoms with Crippen LogP contribution in [0, 0.1) is 11.6 Å². The van der Waals surface area contributed by atoms with E-state index >= 15 is 0 Å². The van der Waals surface area contributed by atoms with E-state index in [1.54, 1.807) is 12.2 Å². The fourth-order valence-electron chi connectivity index (χ4n) is 4.00. The average Bonchev–Trinajstić information content (AvgIpc) is 3.37. The number of rotatable bonds is 6. The summed E-state index contributed by atoms with van der Waals surface area (Å²) in [6.07, 6.45) is 4.36.